The molecule has 2 heterocycles. The summed E-state index contributed by atoms with van der Waals surface area (Å²) < 4.78 is 40.3. The number of aromatic amines is 2. The number of rotatable bonds is 4. The number of ether oxygens (including phenoxy) is 1. The van der Waals surface area contributed by atoms with E-state index in [0.29, 0.717) is 11.5 Å². The van der Waals surface area contributed by atoms with Gasteiger partial charge in [0, 0.05) is 11.6 Å². The van der Waals surface area contributed by atoms with Crippen molar-refractivity contribution in [2.24, 2.45) is 0 Å². The van der Waals surface area contributed by atoms with Gasteiger partial charge in [0.2, 0.25) is 0 Å². The fraction of sp³-hybridized carbons (Fsp3) is 0.0556. The van der Waals surface area contributed by atoms with Crippen LogP contribution in [0.3, 0.4) is 0 Å². The van der Waals surface area contributed by atoms with E-state index in [2.05, 4.69) is 30.2 Å². The number of hydrogen-bond acceptors (Lipinski definition) is 4. The number of imidazole rings is 1. The van der Waals surface area contributed by atoms with Crippen molar-refractivity contribution in [1.82, 2.24) is 20.2 Å². The molecule has 0 aliphatic carbocycles. The Balaban J connectivity index is 1.46. The lowest BCUT2D eigenvalue weighted by molar-refractivity contribution is -0.274. The molecule has 0 aliphatic heterocycles. The van der Waals surface area contributed by atoms with Gasteiger partial charge in [-0.05, 0) is 36.4 Å². The minimum absolute atomic E-state index is 0.155. The van der Waals surface area contributed by atoms with Gasteiger partial charge in [-0.25, -0.2) is 4.98 Å². The quantitative estimate of drug-likeness (QED) is 0.491. The molecule has 1 amide bonds. The highest BCUT2D eigenvalue weighted by atomic mass is 19.4. The van der Waals surface area contributed by atoms with E-state index in [1.165, 1.54) is 12.1 Å². The van der Waals surface area contributed by atoms with Crippen molar-refractivity contribution in [1.29, 1.82) is 0 Å². The Bertz CT molecular complexity index is 1100. The molecule has 2 aromatic carbocycles. The number of hydrogen-bond donors (Lipinski definition) is 3. The monoisotopic (exact) mass is 387 g/mol. The third-order valence-electron chi connectivity index (χ3n) is 3.81. The van der Waals surface area contributed by atoms with Crippen LogP contribution >= 0.6 is 0 Å². The molecule has 0 unspecified atom stereocenters. The number of para-hydroxylation sites is 2. The van der Waals surface area contributed by atoms with E-state index < -0.39 is 18.0 Å². The average molecular weight is 387 g/mol. The Labute approximate surface area is 155 Å². The van der Waals surface area contributed by atoms with Crippen LogP contribution in [-0.4, -0.2) is 32.4 Å². The number of carbonyl (C=O) groups is 1. The van der Waals surface area contributed by atoms with Crippen molar-refractivity contribution < 1.29 is 22.7 Å². The van der Waals surface area contributed by atoms with Gasteiger partial charge >= 0.3 is 6.36 Å². The van der Waals surface area contributed by atoms with Gasteiger partial charge in [0.1, 0.15) is 11.4 Å². The van der Waals surface area contributed by atoms with Gasteiger partial charge in [0.05, 0.1) is 11.0 Å². The molecule has 10 heteroatoms. The summed E-state index contributed by atoms with van der Waals surface area (Å²) in [5, 5.41) is 9.34. The maximum Gasteiger partial charge on any atom is 0.573 e. The van der Waals surface area contributed by atoms with Crippen molar-refractivity contribution in [3.05, 3.63) is 60.2 Å². The van der Waals surface area contributed by atoms with E-state index >= 15 is 0 Å². The largest absolute Gasteiger partial charge is 0.573 e. The number of nitrogens with one attached hydrogen (secondary N) is 3. The van der Waals surface area contributed by atoms with E-state index in [4.69, 9.17) is 0 Å². The lowest BCUT2D eigenvalue weighted by Crippen LogP contribution is -2.17. The van der Waals surface area contributed by atoms with Gasteiger partial charge in [0.25, 0.3) is 5.91 Å². The number of amides is 1. The number of fused-ring (bicyclic) bond motifs is 1. The molecule has 3 N–H and O–H groups in total. The lowest BCUT2D eigenvalue weighted by atomic mass is 10.2. The Kier molecular flexibility index (Phi) is 4.22. The molecular weight excluding hydrogens is 375 g/mol. The first kappa shape index (κ1) is 17.6. The van der Waals surface area contributed by atoms with Crippen molar-refractivity contribution in [2.75, 3.05) is 5.32 Å². The molecule has 28 heavy (non-hydrogen) atoms. The number of H-pyrrole nitrogens is 2. The van der Waals surface area contributed by atoms with Crippen molar-refractivity contribution in [3.8, 4) is 17.3 Å². The molecule has 0 spiro atoms. The SMILES string of the molecule is O=C(Nc1cc(-c2nc3ccccc3[nH]2)[nH]n1)c1ccc(OC(F)(F)F)cc1. The summed E-state index contributed by atoms with van der Waals surface area (Å²) >= 11 is 0. The Morgan fingerprint density at radius 3 is 2.54 bits per heavy atom. The fourth-order valence-corrected chi connectivity index (χ4v) is 2.58. The molecule has 142 valence electrons. The smallest absolute Gasteiger partial charge is 0.406 e. The van der Waals surface area contributed by atoms with E-state index in [-0.39, 0.29) is 11.4 Å². The van der Waals surface area contributed by atoms with Crippen LogP contribution < -0.4 is 10.1 Å². The van der Waals surface area contributed by atoms with E-state index in [0.717, 1.165) is 23.2 Å². The number of benzene rings is 2. The maximum absolute atomic E-state index is 12.2. The Morgan fingerprint density at radius 2 is 1.82 bits per heavy atom. The second-order valence-corrected chi connectivity index (χ2v) is 5.80. The Morgan fingerprint density at radius 1 is 1.07 bits per heavy atom. The van der Waals surface area contributed by atoms with Gasteiger partial charge in [-0.2, -0.15) is 5.10 Å². The summed E-state index contributed by atoms with van der Waals surface area (Å²) in [5.41, 5.74) is 2.38. The van der Waals surface area contributed by atoms with Gasteiger partial charge in [0.15, 0.2) is 11.6 Å². The number of halogens is 3. The first-order valence-electron chi connectivity index (χ1n) is 8.05. The zero-order valence-electron chi connectivity index (χ0n) is 14.0. The average Bonchev–Trinajstić information content (AvgIpc) is 3.27. The number of aromatic nitrogens is 4. The summed E-state index contributed by atoms with van der Waals surface area (Å²) in [7, 11) is 0. The standard InChI is InChI=1S/C18H12F3N5O2/c19-18(20,21)28-11-7-5-10(6-8-11)17(27)24-15-9-14(25-26-15)16-22-12-3-1-2-4-13(12)23-16/h1-9H,(H,22,23)(H2,24,25,26,27). The summed E-state index contributed by atoms with van der Waals surface area (Å²) in [5.74, 6) is -0.129. The van der Waals surface area contributed by atoms with Crippen molar-refractivity contribution in [3.63, 3.8) is 0 Å². The minimum atomic E-state index is -4.79. The van der Waals surface area contributed by atoms with Crippen LogP contribution in [0.2, 0.25) is 0 Å². The molecule has 0 aliphatic rings. The van der Waals surface area contributed by atoms with Gasteiger partial charge in [-0.1, -0.05) is 12.1 Å². The molecule has 0 fully saturated rings. The normalized spacial score (nSPS) is 11.5. The molecule has 0 bridgehead atoms. The molecule has 2 aromatic heterocycles. The maximum atomic E-state index is 12.2. The summed E-state index contributed by atoms with van der Waals surface area (Å²) in [6.45, 7) is 0. The van der Waals surface area contributed by atoms with E-state index in [1.807, 2.05) is 24.3 Å². The van der Waals surface area contributed by atoms with Crippen LogP contribution in [0.25, 0.3) is 22.6 Å². The number of nitrogens with zero attached hydrogens (tertiary/aromatic N) is 2. The van der Waals surface area contributed by atoms with Gasteiger partial charge in [-0.3, -0.25) is 9.89 Å². The molecule has 0 atom stereocenters. The van der Waals surface area contributed by atoms with Crippen LogP contribution in [0.4, 0.5) is 19.0 Å². The summed E-state index contributed by atoms with van der Waals surface area (Å²) in [4.78, 5) is 19.8. The number of alkyl halides is 3. The molecule has 4 rings (SSSR count). The zero-order valence-corrected chi connectivity index (χ0v) is 14.0. The topological polar surface area (TPSA) is 95.7 Å². The van der Waals surface area contributed by atoms with Crippen LogP contribution in [-0.2, 0) is 0 Å². The second kappa shape index (κ2) is 6.72. The lowest BCUT2D eigenvalue weighted by Gasteiger charge is -2.09. The predicted molar refractivity (Wildman–Crippen MR) is 94.8 cm³/mol. The molecule has 0 radical (unpaired) electrons. The fourth-order valence-electron chi connectivity index (χ4n) is 2.58. The number of carbonyl (C=O) groups excluding carboxylic acids is 1. The number of anilines is 1. The summed E-state index contributed by atoms with van der Waals surface area (Å²) in [6.07, 6.45) is -4.79. The minimum Gasteiger partial charge on any atom is -0.406 e. The molecule has 0 saturated carbocycles. The molecule has 4 aromatic rings. The van der Waals surface area contributed by atoms with Crippen LogP contribution in [0.5, 0.6) is 5.75 Å². The van der Waals surface area contributed by atoms with E-state index in [9.17, 15) is 18.0 Å². The van der Waals surface area contributed by atoms with Crippen molar-refractivity contribution in [2.45, 2.75) is 6.36 Å². The van der Waals surface area contributed by atoms with Crippen LogP contribution in [0.15, 0.2) is 54.6 Å². The summed E-state index contributed by atoms with van der Waals surface area (Å²) in [6, 6.07) is 13.7. The molecule has 0 saturated heterocycles. The Hall–Kier alpha value is -3.82. The highest BCUT2D eigenvalue weighted by Crippen LogP contribution is 2.24. The van der Waals surface area contributed by atoms with Crippen LogP contribution in [0.1, 0.15) is 10.4 Å². The molecular formula is C18H12F3N5O2. The van der Waals surface area contributed by atoms with Crippen molar-refractivity contribution >= 4 is 22.8 Å². The van der Waals surface area contributed by atoms with Gasteiger partial charge in [-0.15, -0.1) is 13.2 Å². The highest BCUT2D eigenvalue weighted by molar-refractivity contribution is 6.04. The second-order valence-electron chi connectivity index (χ2n) is 5.80. The molecule has 7 nitrogen and oxygen atoms in total. The van der Waals surface area contributed by atoms with E-state index in [1.54, 1.807) is 6.07 Å². The first-order valence-corrected chi connectivity index (χ1v) is 8.05. The van der Waals surface area contributed by atoms with Gasteiger partial charge < -0.3 is 15.0 Å². The zero-order chi connectivity index (χ0) is 19.7. The third kappa shape index (κ3) is 3.80. The predicted octanol–water partition coefficient (Wildman–Crippen LogP) is 4.10. The third-order valence-corrected chi connectivity index (χ3v) is 3.81. The first-order chi connectivity index (χ1) is 13.4. The van der Waals surface area contributed by atoms with Crippen LogP contribution in [0, 0.1) is 0 Å². The highest BCUT2D eigenvalue weighted by Gasteiger charge is 2.31.